The van der Waals surface area contributed by atoms with Gasteiger partial charge in [-0.25, -0.2) is 0 Å². The van der Waals surface area contributed by atoms with Crippen molar-refractivity contribution in [2.24, 2.45) is 5.41 Å². The molecule has 3 nitrogen and oxygen atoms in total. The van der Waals surface area contributed by atoms with Crippen LogP contribution in [0.4, 0.5) is 0 Å². The molecule has 2 aliphatic rings. The van der Waals surface area contributed by atoms with Crippen molar-refractivity contribution in [1.29, 1.82) is 0 Å². The first-order valence-electron chi connectivity index (χ1n) is 7.22. The van der Waals surface area contributed by atoms with Crippen LogP contribution in [-0.2, 0) is 4.79 Å². The summed E-state index contributed by atoms with van der Waals surface area (Å²) in [6, 6.07) is 0.444. The molecule has 0 heterocycles. The molecule has 0 aromatic carbocycles. The third kappa shape index (κ3) is 3.01. The highest BCUT2D eigenvalue weighted by molar-refractivity contribution is 5.84. The van der Waals surface area contributed by atoms with Crippen molar-refractivity contribution in [1.82, 2.24) is 10.6 Å². The van der Waals surface area contributed by atoms with Gasteiger partial charge in [-0.15, -0.1) is 0 Å². The summed E-state index contributed by atoms with van der Waals surface area (Å²) in [5.74, 6) is 0.310. The lowest BCUT2D eigenvalue weighted by Gasteiger charge is -2.41. The molecule has 17 heavy (non-hydrogen) atoms. The lowest BCUT2D eigenvalue weighted by molar-refractivity contribution is -0.136. The first-order chi connectivity index (χ1) is 8.27. The van der Waals surface area contributed by atoms with Crippen LogP contribution < -0.4 is 10.6 Å². The molecule has 2 rings (SSSR count). The lowest BCUT2D eigenvalue weighted by Crippen LogP contribution is -2.53. The van der Waals surface area contributed by atoms with E-state index in [0.717, 1.165) is 19.4 Å². The number of carbonyl (C=O) groups excluding carboxylic acids is 1. The van der Waals surface area contributed by atoms with Gasteiger partial charge >= 0.3 is 0 Å². The van der Waals surface area contributed by atoms with E-state index in [4.69, 9.17) is 0 Å². The molecule has 2 saturated carbocycles. The van der Waals surface area contributed by atoms with E-state index in [1.54, 1.807) is 0 Å². The fourth-order valence-electron chi connectivity index (χ4n) is 3.19. The van der Waals surface area contributed by atoms with Gasteiger partial charge in [0.15, 0.2) is 0 Å². The highest BCUT2D eigenvalue weighted by Crippen LogP contribution is 2.40. The van der Waals surface area contributed by atoms with Gasteiger partial charge in [0.1, 0.15) is 0 Å². The van der Waals surface area contributed by atoms with Crippen LogP contribution in [0, 0.1) is 5.41 Å². The molecule has 1 amide bonds. The number of nitrogens with one attached hydrogen (secondary N) is 2. The third-order valence-corrected chi connectivity index (χ3v) is 4.50. The number of hydrogen-bond donors (Lipinski definition) is 2. The second kappa shape index (κ2) is 5.85. The van der Waals surface area contributed by atoms with Crippen molar-refractivity contribution in [2.75, 3.05) is 13.6 Å². The van der Waals surface area contributed by atoms with Gasteiger partial charge in [0.2, 0.25) is 5.91 Å². The molecule has 0 unspecified atom stereocenters. The molecule has 0 aromatic heterocycles. The van der Waals surface area contributed by atoms with E-state index >= 15 is 0 Å². The van der Waals surface area contributed by atoms with E-state index in [0.29, 0.717) is 11.9 Å². The van der Waals surface area contributed by atoms with Crippen molar-refractivity contribution in [3.05, 3.63) is 0 Å². The van der Waals surface area contributed by atoms with Crippen LogP contribution in [0.1, 0.15) is 57.8 Å². The van der Waals surface area contributed by atoms with Crippen LogP contribution in [-0.4, -0.2) is 25.5 Å². The maximum Gasteiger partial charge on any atom is 0.227 e. The molecule has 0 bridgehead atoms. The minimum Gasteiger partial charge on any atom is -0.353 e. The molecule has 0 atom stereocenters. The predicted molar refractivity (Wildman–Crippen MR) is 69.8 cm³/mol. The van der Waals surface area contributed by atoms with Gasteiger partial charge in [-0.3, -0.25) is 4.79 Å². The largest absolute Gasteiger partial charge is 0.353 e. The molecule has 2 N–H and O–H groups in total. The highest BCUT2D eigenvalue weighted by Gasteiger charge is 2.43. The van der Waals surface area contributed by atoms with Crippen molar-refractivity contribution < 1.29 is 4.79 Å². The quantitative estimate of drug-likeness (QED) is 0.737. The fourth-order valence-corrected chi connectivity index (χ4v) is 3.19. The third-order valence-electron chi connectivity index (χ3n) is 4.50. The monoisotopic (exact) mass is 238 g/mol. The van der Waals surface area contributed by atoms with Crippen LogP contribution in [0.5, 0.6) is 0 Å². The number of rotatable bonds is 4. The average Bonchev–Trinajstić information content (AvgIpc) is 2.51. The smallest absolute Gasteiger partial charge is 0.227 e. The van der Waals surface area contributed by atoms with Crippen LogP contribution in [0.15, 0.2) is 0 Å². The van der Waals surface area contributed by atoms with Crippen molar-refractivity contribution in [2.45, 2.75) is 63.8 Å². The van der Waals surface area contributed by atoms with Gasteiger partial charge in [0.25, 0.3) is 0 Å². The topological polar surface area (TPSA) is 41.1 Å². The van der Waals surface area contributed by atoms with Crippen molar-refractivity contribution >= 4 is 5.91 Å². The highest BCUT2D eigenvalue weighted by atomic mass is 16.2. The molecule has 2 aliphatic carbocycles. The zero-order valence-corrected chi connectivity index (χ0v) is 11.1. The van der Waals surface area contributed by atoms with E-state index in [1.807, 2.05) is 7.05 Å². The summed E-state index contributed by atoms with van der Waals surface area (Å²) in [4.78, 5) is 12.4. The summed E-state index contributed by atoms with van der Waals surface area (Å²) in [7, 11) is 1.94. The lowest BCUT2D eigenvalue weighted by atomic mass is 9.68. The second-order valence-electron chi connectivity index (χ2n) is 5.83. The Balaban J connectivity index is 1.86. The Morgan fingerprint density at radius 1 is 1.12 bits per heavy atom. The van der Waals surface area contributed by atoms with Gasteiger partial charge in [-0.2, -0.15) is 0 Å². The molecular formula is C14H26N2O. The summed E-state index contributed by atoms with van der Waals surface area (Å²) in [5, 5.41) is 6.49. The van der Waals surface area contributed by atoms with Crippen LogP contribution >= 0.6 is 0 Å². The van der Waals surface area contributed by atoms with Crippen molar-refractivity contribution in [3.8, 4) is 0 Å². The Bertz CT molecular complexity index is 253. The SMILES string of the molecule is CNCC1(C(=O)NC2CCCCCC2)CCC1. The van der Waals surface area contributed by atoms with Crippen LogP contribution in [0.2, 0.25) is 0 Å². The van der Waals surface area contributed by atoms with E-state index in [9.17, 15) is 4.79 Å². The first kappa shape index (κ1) is 12.9. The molecule has 0 radical (unpaired) electrons. The van der Waals surface area contributed by atoms with Gasteiger partial charge in [0.05, 0.1) is 5.41 Å². The van der Waals surface area contributed by atoms with Crippen LogP contribution in [0.25, 0.3) is 0 Å². The fraction of sp³-hybridized carbons (Fsp3) is 0.929. The molecule has 0 aliphatic heterocycles. The van der Waals surface area contributed by atoms with Gasteiger partial charge < -0.3 is 10.6 Å². The van der Waals surface area contributed by atoms with E-state index in [1.165, 1.54) is 44.9 Å². The summed E-state index contributed by atoms with van der Waals surface area (Å²) < 4.78 is 0. The zero-order chi connectivity index (χ0) is 12.1. The maximum atomic E-state index is 12.4. The Morgan fingerprint density at radius 3 is 2.24 bits per heavy atom. The molecule has 98 valence electrons. The molecule has 3 heteroatoms. The van der Waals surface area contributed by atoms with E-state index < -0.39 is 0 Å². The Hall–Kier alpha value is -0.570. The number of hydrogen-bond acceptors (Lipinski definition) is 2. The van der Waals surface area contributed by atoms with Crippen LogP contribution in [0.3, 0.4) is 0 Å². The Labute approximate surface area is 105 Å². The number of carbonyl (C=O) groups is 1. The molecule has 0 saturated heterocycles. The van der Waals surface area contributed by atoms with E-state index in [2.05, 4.69) is 10.6 Å². The Morgan fingerprint density at radius 2 is 1.76 bits per heavy atom. The Kier molecular flexibility index (Phi) is 4.43. The standard InChI is InChI=1S/C14H26N2O/c1-15-11-14(9-6-10-14)13(17)16-12-7-4-2-3-5-8-12/h12,15H,2-11H2,1H3,(H,16,17). The summed E-state index contributed by atoms with van der Waals surface area (Å²) in [6.45, 7) is 0.839. The minimum atomic E-state index is -0.0823. The summed E-state index contributed by atoms with van der Waals surface area (Å²) >= 11 is 0. The minimum absolute atomic E-state index is 0.0823. The maximum absolute atomic E-state index is 12.4. The van der Waals surface area contributed by atoms with Gasteiger partial charge in [-0.1, -0.05) is 32.1 Å². The summed E-state index contributed by atoms with van der Waals surface area (Å²) in [5.41, 5.74) is -0.0823. The average molecular weight is 238 g/mol. The molecular weight excluding hydrogens is 212 g/mol. The first-order valence-corrected chi connectivity index (χ1v) is 7.22. The zero-order valence-electron chi connectivity index (χ0n) is 11.1. The normalized spacial score (nSPS) is 24.8. The summed E-state index contributed by atoms with van der Waals surface area (Å²) in [6.07, 6.45) is 10.9. The molecule has 0 spiro atoms. The second-order valence-corrected chi connectivity index (χ2v) is 5.83. The van der Waals surface area contributed by atoms with Gasteiger partial charge in [0, 0.05) is 12.6 Å². The molecule has 2 fully saturated rings. The van der Waals surface area contributed by atoms with E-state index in [-0.39, 0.29) is 5.41 Å². The predicted octanol–water partition coefficient (Wildman–Crippen LogP) is 2.22. The van der Waals surface area contributed by atoms with Gasteiger partial charge in [-0.05, 0) is 32.7 Å². The number of amides is 1. The van der Waals surface area contributed by atoms with Crippen molar-refractivity contribution in [3.63, 3.8) is 0 Å². The molecule has 0 aromatic rings.